The van der Waals surface area contributed by atoms with E-state index in [4.69, 9.17) is 4.74 Å². The van der Waals surface area contributed by atoms with E-state index in [0.29, 0.717) is 19.8 Å². The SMILES string of the molecule is O=C(NCC1(N2CCOCC2)CCCCC1)c1ccccc1C(F)(F)F. The van der Waals surface area contributed by atoms with Crippen molar-refractivity contribution in [1.29, 1.82) is 0 Å². The standard InChI is InChI=1S/C19H25F3N2O2/c20-19(21,22)16-7-3-2-6-15(16)17(25)23-14-18(8-4-1-5-9-18)24-10-12-26-13-11-24/h2-3,6-7H,1,4-5,8-14H2,(H,23,25). The Hall–Kier alpha value is -1.60. The molecule has 2 aliphatic rings. The van der Waals surface area contributed by atoms with Crippen molar-refractivity contribution in [1.82, 2.24) is 10.2 Å². The van der Waals surface area contributed by atoms with Gasteiger partial charge in [-0.3, -0.25) is 9.69 Å². The quantitative estimate of drug-likeness (QED) is 0.882. The molecule has 1 saturated carbocycles. The van der Waals surface area contributed by atoms with Crippen molar-refractivity contribution >= 4 is 5.91 Å². The van der Waals surface area contributed by atoms with Crippen molar-refractivity contribution in [3.63, 3.8) is 0 Å². The van der Waals surface area contributed by atoms with E-state index in [-0.39, 0.29) is 11.1 Å². The van der Waals surface area contributed by atoms with Gasteiger partial charge in [-0.1, -0.05) is 31.4 Å². The van der Waals surface area contributed by atoms with Crippen LogP contribution in [0, 0.1) is 0 Å². The second kappa shape index (κ2) is 7.96. The number of ether oxygens (including phenoxy) is 1. The minimum atomic E-state index is -4.54. The maximum atomic E-state index is 13.2. The number of nitrogens with zero attached hydrogens (tertiary/aromatic N) is 1. The predicted molar refractivity (Wildman–Crippen MR) is 92.0 cm³/mol. The Morgan fingerprint density at radius 3 is 2.42 bits per heavy atom. The highest BCUT2D eigenvalue weighted by Crippen LogP contribution is 2.35. The molecule has 2 fully saturated rings. The van der Waals surface area contributed by atoms with Crippen molar-refractivity contribution in [2.45, 2.75) is 43.8 Å². The van der Waals surface area contributed by atoms with Crippen LogP contribution in [0.2, 0.25) is 0 Å². The fraction of sp³-hybridized carbons (Fsp3) is 0.632. The van der Waals surface area contributed by atoms with Gasteiger partial charge in [-0.05, 0) is 25.0 Å². The predicted octanol–water partition coefficient (Wildman–Crippen LogP) is 3.47. The smallest absolute Gasteiger partial charge is 0.379 e. The summed E-state index contributed by atoms with van der Waals surface area (Å²) in [5.41, 5.74) is -1.38. The Bertz CT molecular complexity index is 621. The molecule has 0 unspecified atom stereocenters. The summed E-state index contributed by atoms with van der Waals surface area (Å²) in [5, 5.41) is 2.80. The van der Waals surface area contributed by atoms with Crippen LogP contribution in [0.25, 0.3) is 0 Å². The van der Waals surface area contributed by atoms with Gasteiger partial charge < -0.3 is 10.1 Å². The van der Waals surface area contributed by atoms with E-state index in [1.165, 1.54) is 18.2 Å². The zero-order chi connectivity index (χ0) is 18.6. The first-order valence-electron chi connectivity index (χ1n) is 9.20. The van der Waals surface area contributed by atoms with E-state index in [2.05, 4.69) is 10.2 Å². The van der Waals surface area contributed by atoms with Gasteiger partial charge in [0.1, 0.15) is 0 Å². The molecule has 1 aromatic carbocycles. The average molecular weight is 370 g/mol. The van der Waals surface area contributed by atoms with Crippen molar-refractivity contribution in [2.75, 3.05) is 32.8 Å². The van der Waals surface area contributed by atoms with Crippen LogP contribution < -0.4 is 5.32 Å². The topological polar surface area (TPSA) is 41.6 Å². The van der Waals surface area contributed by atoms with Gasteiger partial charge in [-0.2, -0.15) is 13.2 Å². The van der Waals surface area contributed by atoms with Crippen LogP contribution in [0.4, 0.5) is 13.2 Å². The maximum Gasteiger partial charge on any atom is 0.417 e. The third-order valence-electron chi connectivity index (χ3n) is 5.52. The molecular formula is C19H25F3N2O2. The third-order valence-corrected chi connectivity index (χ3v) is 5.52. The minimum Gasteiger partial charge on any atom is -0.379 e. The number of hydrogen-bond donors (Lipinski definition) is 1. The van der Waals surface area contributed by atoms with E-state index in [1.807, 2.05) is 0 Å². The van der Waals surface area contributed by atoms with Gasteiger partial charge in [-0.25, -0.2) is 0 Å². The summed E-state index contributed by atoms with van der Waals surface area (Å²) in [7, 11) is 0. The molecule has 1 aliphatic heterocycles. The second-order valence-electron chi connectivity index (χ2n) is 7.11. The van der Waals surface area contributed by atoms with Gasteiger partial charge in [0, 0.05) is 25.2 Å². The first-order chi connectivity index (χ1) is 12.4. The van der Waals surface area contributed by atoms with E-state index in [9.17, 15) is 18.0 Å². The number of nitrogens with one attached hydrogen (secondary N) is 1. The number of rotatable bonds is 4. The summed E-state index contributed by atoms with van der Waals surface area (Å²) in [4.78, 5) is 14.9. The van der Waals surface area contributed by atoms with Gasteiger partial charge in [0.15, 0.2) is 0 Å². The first kappa shape index (κ1) is 19.2. The number of carbonyl (C=O) groups excluding carboxylic acids is 1. The number of hydrogen-bond acceptors (Lipinski definition) is 3. The Morgan fingerprint density at radius 2 is 1.77 bits per heavy atom. The van der Waals surface area contributed by atoms with Crippen LogP contribution >= 0.6 is 0 Å². The molecule has 0 atom stereocenters. The molecule has 1 amide bonds. The molecule has 0 spiro atoms. The highest BCUT2D eigenvalue weighted by atomic mass is 19.4. The highest BCUT2D eigenvalue weighted by molar-refractivity contribution is 5.95. The lowest BCUT2D eigenvalue weighted by Gasteiger charge is -2.48. The number of amides is 1. The van der Waals surface area contributed by atoms with Crippen molar-refractivity contribution in [3.8, 4) is 0 Å². The number of alkyl halides is 3. The molecule has 1 aliphatic carbocycles. The van der Waals surface area contributed by atoms with Gasteiger partial charge in [0.05, 0.1) is 24.3 Å². The monoisotopic (exact) mass is 370 g/mol. The lowest BCUT2D eigenvalue weighted by molar-refractivity contribution is -0.137. The Morgan fingerprint density at radius 1 is 1.12 bits per heavy atom. The molecule has 4 nitrogen and oxygen atoms in total. The molecule has 3 rings (SSSR count). The summed E-state index contributed by atoms with van der Waals surface area (Å²) in [6.45, 7) is 3.29. The number of halogens is 3. The zero-order valence-corrected chi connectivity index (χ0v) is 14.8. The van der Waals surface area contributed by atoms with E-state index < -0.39 is 17.6 Å². The normalized spacial score (nSPS) is 21.3. The number of benzene rings is 1. The lowest BCUT2D eigenvalue weighted by Crippen LogP contribution is -2.59. The van der Waals surface area contributed by atoms with Crippen LogP contribution in [0.3, 0.4) is 0 Å². The fourth-order valence-electron chi connectivity index (χ4n) is 4.12. The third kappa shape index (κ3) is 4.20. The molecular weight excluding hydrogens is 345 g/mol. The fourth-order valence-corrected chi connectivity index (χ4v) is 4.12. The van der Waals surface area contributed by atoms with E-state index >= 15 is 0 Å². The van der Waals surface area contributed by atoms with Gasteiger partial charge >= 0.3 is 6.18 Å². The van der Waals surface area contributed by atoms with Crippen molar-refractivity contribution in [2.24, 2.45) is 0 Å². The number of morpholine rings is 1. The largest absolute Gasteiger partial charge is 0.417 e. The van der Waals surface area contributed by atoms with E-state index in [0.717, 1.165) is 51.3 Å². The van der Waals surface area contributed by atoms with Crippen LogP contribution in [-0.4, -0.2) is 49.2 Å². The number of carbonyl (C=O) groups is 1. The zero-order valence-electron chi connectivity index (χ0n) is 14.8. The summed E-state index contributed by atoms with van der Waals surface area (Å²) >= 11 is 0. The van der Waals surface area contributed by atoms with Crippen molar-refractivity contribution < 1.29 is 22.7 Å². The highest BCUT2D eigenvalue weighted by Gasteiger charge is 2.40. The molecule has 1 aromatic rings. The molecule has 7 heteroatoms. The second-order valence-corrected chi connectivity index (χ2v) is 7.11. The van der Waals surface area contributed by atoms with Crippen molar-refractivity contribution in [3.05, 3.63) is 35.4 Å². The molecule has 26 heavy (non-hydrogen) atoms. The molecule has 1 N–H and O–H groups in total. The van der Waals surface area contributed by atoms with Crippen LogP contribution in [0.5, 0.6) is 0 Å². The first-order valence-corrected chi connectivity index (χ1v) is 9.20. The Labute approximate surface area is 151 Å². The van der Waals surface area contributed by atoms with Crippen LogP contribution in [0.15, 0.2) is 24.3 Å². The molecule has 0 aromatic heterocycles. The average Bonchev–Trinajstić information content (AvgIpc) is 2.67. The maximum absolute atomic E-state index is 13.2. The van der Waals surface area contributed by atoms with Crippen LogP contribution in [0.1, 0.15) is 48.0 Å². The van der Waals surface area contributed by atoms with E-state index in [1.54, 1.807) is 0 Å². The Kier molecular flexibility index (Phi) is 5.87. The summed E-state index contributed by atoms with van der Waals surface area (Å²) in [6, 6.07) is 4.95. The minimum absolute atomic E-state index is 0.176. The molecule has 1 heterocycles. The summed E-state index contributed by atoms with van der Waals surface area (Å²) < 4.78 is 44.9. The van der Waals surface area contributed by atoms with Gasteiger partial charge in [-0.15, -0.1) is 0 Å². The lowest BCUT2D eigenvalue weighted by atomic mass is 9.79. The molecule has 0 bridgehead atoms. The van der Waals surface area contributed by atoms with Crippen LogP contribution in [-0.2, 0) is 10.9 Å². The van der Waals surface area contributed by atoms with Gasteiger partial charge in [0.2, 0.25) is 0 Å². The van der Waals surface area contributed by atoms with Gasteiger partial charge in [0.25, 0.3) is 5.91 Å². The summed E-state index contributed by atoms with van der Waals surface area (Å²) in [5.74, 6) is -0.656. The Balaban J connectivity index is 1.74. The summed E-state index contributed by atoms with van der Waals surface area (Å²) in [6.07, 6.45) is 0.679. The molecule has 0 radical (unpaired) electrons. The molecule has 1 saturated heterocycles. The molecule has 144 valence electrons.